The summed E-state index contributed by atoms with van der Waals surface area (Å²) in [6, 6.07) is 0. The van der Waals surface area contributed by atoms with Crippen LogP contribution >= 0.6 is 0 Å². The molecule has 0 aromatic rings. The molecule has 0 heterocycles. The van der Waals surface area contributed by atoms with Gasteiger partial charge >= 0.3 is 0 Å². The van der Waals surface area contributed by atoms with E-state index < -0.39 is 0 Å². The Morgan fingerprint density at radius 2 is 2.08 bits per heavy atom. The van der Waals surface area contributed by atoms with E-state index in [-0.39, 0.29) is 5.78 Å². The molecule has 0 atom stereocenters. The molecular weight excluding hydrogens is 152 g/mol. The SMILES string of the molecule is CC(C)=C1CCC(C=O)=CC1=O. The van der Waals surface area contributed by atoms with E-state index in [0.29, 0.717) is 18.4 Å². The highest BCUT2D eigenvalue weighted by Gasteiger charge is 2.15. The van der Waals surface area contributed by atoms with Crippen LogP contribution in [0.4, 0.5) is 0 Å². The van der Waals surface area contributed by atoms with Gasteiger partial charge in [-0.05, 0) is 43.9 Å². The number of aldehydes is 1. The quantitative estimate of drug-likeness (QED) is 0.437. The molecule has 12 heavy (non-hydrogen) atoms. The highest BCUT2D eigenvalue weighted by atomic mass is 16.1. The van der Waals surface area contributed by atoms with Crippen molar-refractivity contribution in [2.75, 3.05) is 0 Å². The number of hydrogen-bond donors (Lipinski definition) is 0. The van der Waals surface area contributed by atoms with Gasteiger partial charge in [0.1, 0.15) is 6.29 Å². The van der Waals surface area contributed by atoms with Gasteiger partial charge in [0, 0.05) is 0 Å². The van der Waals surface area contributed by atoms with Crippen molar-refractivity contribution in [1.29, 1.82) is 0 Å². The largest absolute Gasteiger partial charge is 0.298 e. The highest BCUT2D eigenvalue weighted by Crippen LogP contribution is 2.21. The van der Waals surface area contributed by atoms with Crippen LogP contribution in [0.25, 0.3) is 0 Å². The van der Waals surface area contributed by atoms with Crippen molar-refractivity contribution in [3.05, 3.63) is 22.8 Å². The van der Waals surface area contributed by atoms with Crippen LogP contribution in [-0.4, -0.2) is 12.1 Å². The first-order valence-corrected chi connectivity index (χ1v) is 4.01. The Balaban J connectivity index is 2.95. The standard InChI is InChI=1S/C10H12O2/c1-7(2)9-4-3-8(6-11)5-10(9)12/h5-6H,3-4H2,1-2H3. The van der Waals surface area contributed by atoms with Crippen molar-refractivity contribution >= 4 is 12.1 Å². The molecule has 1 aliphatic rings. The van der Waals surface area contributed by atoms with Crippen molar-refractivity contribution in [2.24, 2.45) is 0 Å². The number of carbonyl (C=O) groups is 2. The molecule has 0 aromatic carbocycles. The average molecular weight is 164 g/mol. The van der Waals surface area contributed by atoms with Crippen LogP contribution in [0.15, 0.2) is 22.8 Å². The smallest absolute Gasteiger partial charge is 0.182 e. The summed E-state index contributed by atoms with van der Waals surface area (Å²) in [4.78, 5) is 21.7. The lowest BCUT2D eigenvalue weighted by molar-refractivity contribution is -0.112. The van der Waals surface area contributed by atoms with Gasteiger partial charge in [-0.2, -0.15) is 0 Å². The Morgan fingerprint density at radius 3 is 2.50 bits per heavy atom. The maximum atomic E-state index is 11.3. The molecule has 0 amide bonds. The van der Waals surface area contributed by atoms with Gasteiger partial charge < -0.3 is 0 Å². The van der Waals surface area contributed by atoms with Crippen molar-refractivity contribution in [3.63, 3.8) is 0 Å². The number of ketones is 1. The molecule has 0 saturated carbocycles. The summed E-state index contributed by atoms with van der Waals surface area (Å²) < 4.78 is 0. The van der Waals surface area contributed by atoms with Gasteiger partial charge in [-0.3, -0.25) is 9.59 Å². The van der Waals surface area contributed by atoms with Crippen LogP contribution in [0.5, 0.6) is 0 Å². The van der Waals surface area contributed by atoms with Gasteiger partial charge in [0.25, 0.3) is 0 Å². The molecule has 0 fully saturated rings. The van der Waals surface area contributed by atoms with E-state index in [1.165, 1.54) is 6.08 Å². The maximum Gasteiger partial charge on any atom is 0.182 e. The monoisotopic (exact) mass is 164 g/mol. The third kappa shape index (κ3) is 1.70. The van der Waals surface area contributed by atoms with Crippen molar-refractivity contribution < 1.29 is 9.59 Å². The average Bonchev–Trinajstić information content (AvgIpc) is 2.03. The zero-order valence-corrected chi connectivity index (χ0v) is 7.39. The van der Waals surface area contributed by atoms with E-state index in [1.54, 1.807) is 0 Å². The molecule has 2 nitrogen and oxygen atoms in total. The molecule has 0 aliphatic heterocycles. The molecule has 0 N–H and O–H groups in total. The summed E-state index contributed by atoms with van der Waals surface area (Å²) in [6.07, 6.45) is 3.62. The second-order valence-corrected chi connectivity index (χ2v) is 3.18. The predicted octanol–water partition coefficient (Wildman–Crippen LogP) is 1.81. The first-order valence-electron chi connectivity index (χ1n) is 4.01. The van der Waals surface area contributed by atoms with Crippen LogP contribution < -0.4 is 0 Å². The maximum absolute atomic E-state index is 11.3. The third-order valence-electron chi connectivity index (χ3n) is 2.03. The van der Waals surface area contributed by atoms with Crippen LogP contribution in [0.3, 0.4) is 0 Å². The minimum Gasteiger partial charge on any atom is -0.298 e. The van der Waals surface area contributed by atoms with Gasteiger partial charge in [-0.1, -0.05) is 5.57 Å². The molecule has 0 unspecified atom stereocenters. The molecule has 0 bridgehead atoms. The molecule has 0 radical (unpaired) electrons. The molecular formula is C10H12O2. The number of carbonyl (C=O) groups excluding carboxylic acids is 2. The topological polar surface area (TPSA) is 34.1 Å². The van der Waals surface area contributed by atoms with Crippen molar-refractivity contribution in [1.82, 2.24) is 0 Å². The van der Waals surface area contributed by atoms with Crippen LogP contribution in [0.1, 0.15) is 26.7 Å². The summed E-state index contributed by atoms with van der Waals surface area (Å²) in [7, 11) is 0. The van der Waals surface area contributed by atoms with Gasteiger partial charge in [-0.25, -0.2) is 0 Å². The van der Waals surface area contributed by atoms with Gasteiger partial charge in [0.2, 0.25) is 0 Å². The minimum absolute atomic E-state index is 0.00310. The lowest BCUT2D eigenvalue weighted by Crippen LogP contribution is -2.08. The number of hydrogen-bond acceptors (Lipinski definition) is 2. The fourth-order valence-corrected chi connectivity index (χ4v) is 1.31. The molecule has 1 aliphatic carbocycles. The molecule has 0 aromatic heterocycles. The number of allylic oxidation sites excluding steroid dienone is 4. The zero-order chi connectivity index (χ0) is 9.14. The Hall–Kier alpha value is -1.18. The van der Waals surface area contributed by atoms with Gasteiger partial charge in [0.15, 0.2) is 5.78 Å². The molecule has 0 saturated heterocycles. The lowest BCUT2D eigenvalue weighted by Gasteiger charge is -2.11. The van der Waals surface area contributed by atoms with Crippen LogP contribution in [0, 0.1) is 0 Å². The zero-order valence-electron chi connectivity index (χ0n) is 7.39. The fraction of sp³-hybridized carbons (Fsp3) is 0.400. The van der Waals surface area contributed by atoms with E-state index in [9.17, 15) is 9.59 Å². The van der Waals surface area contributed by atoms with E-state index >= 15 is 0 Å². The normalized spacial score (nSPS) is 17.3. The Morgan fingerprint density at radius 1 is 1.42 bits per heavy atom. The summed E-state index contributed by atoms with van der Waals surface area (Å²) in [5.74, 6) is 0.00310. The van der Waals surface area contributed by atoms with Gasteiger partial charge in [-0.15, -0.1) is 0 Å². The van der Waals surface area contributed by atoms with Gasteiger partial charge in [0.05, 0.1) is 0 Å². The molecule has 64 valence electrons. The Labute approximate surface area is 72.0 Å². The van der Waals surface area contributed by atoms with Crippen molar-refractivity contribution in [2.45, 2.75) is 26.7 Å². The summed E-state index contributed by atoms with van der Waals surface area (Å²) in [6.45, 7) is 3.85. The Kier molecular flexibility index (Phi) is 2.58. The minimum atomic E-state index is 0.00310. The van der Waals surface area contributed by atoms with E-state index in [1.807, 2.05) is 13.8 Å². The molecule has 1 rings (SSSR count). The van der Waals surface area contributed by atoms with Crippen molar-refractivity contribution in [3.8, 4) is 0 Å². The van der Waals surface area contributed by atoms with E-state index in [0.717, 1.165) is 17.4 Å². The number of rotatable bonds is 1. The first kappa shape index (κ1) is 8.91. The summed E-state index contributed by atoms with van der Waals surface area (Å²) in [5.41, 5.74) is 2.53. The highest BCUT2D eigenvalue weighted by molar-refractivity contribution is 6.08. The second kappa shape index (κ2) is 3.48. The van der Waals surface area contributed by atoms with E-state index in [2.05, 4.69) is 0 Å². The second-order valence-electron chi connectivity index (χ2n) is 3.18. The predicted molar refractivity (Wildman–Crippen MR) is 46.8 cm³/mol. The third-order valence-corrected chi connectivity index (χ3v) is 2.03. The fourth-order valence-electron chi connectivity index (χ4n) is 1.31. The van der Waals surface area contributed by atoms with Crippen LogP contribution in [0.2, 0.25) is 0 Å². The summed E-state index contributed by atoms with van der Waals surface area (Å²) in [5, 5.41) is 0. The summed E-state index contributed by atoms with van der Waals surface area (Å²) >= 11 is 0. The van der Waals surface area contributed by atoms with E-state index in [4.69, 9.17) is 0 Å². The van der Waals surface area contributed by atoms with Crippen LogP contribution in [-0.2, 0) is 9.59 Å². The lowest BCUT2D eigenvalue weighted by atomic mass is 9.92. The molecule has 2 heteroatoms. The Bertz CT molecular complexity index is 278. The first-order chi connectivity index (χ1) is 5.65. The molecule has 0 spiro atoms.